The van der Waals surface area contributed by atoms with E-state index in [9.17, 15) is 18.0 Å². The third-order valence-corrected chi connectivity index (χ3v) is 11.9. The molecule has 37 heavy (non-hydrogen) atoms. The Balaban J connectivity index is 1.63. The van der Waals surface area contributed by atoms with E-state index in [1.165, 1.54) is 6.92 Å². The van der Waals surface area contributed by atoms with Gasteiger partial charge in [0.25, 0.3) is 0 Å². The second kappa shape index (κ2) is 9.04. The van der Waals surface area contributed by atoms with Gasteiger partial charge in [-0.1, -0.05) is 0 Å². The van der Waals surface area contributed by atoms with Gasteiger partial charge in [-0.25, -0.2) is 0 Å². The number of hydrogen-bond acceptors (Lipinski definition) is 6. The summed E-state index contributed by atoms with van der Waals surface area (Å²) in [6, 6.07) is 8.65. The second-order valence-corrected chi connectivity index (χ2v) is 18.1. The molecule has 1 amide bonds. The maximum atomic E-state index is 13.9. The Morgan fingerprint density at radius 1 is 1.27 bits per heavy atom. The van der Waals surface area contributed by atoms with Crippen molar-refractivity contribution in [1.82, 2.24) is 33.5 Å². The number of nitrogens with one attached hydrogen (secondary N) is 2. The van der Waals surface area contributed by atoms with Crippen LogP contribution in [0.4, 0.5) is 13.2 Å². The first-order valence-corrected chi connectivity index (χ1v) is 17.8. The van der Waals surface area contributed by atoms with Gasteiger partial charge >= 0.3 is 215 Å². The first kappa shape index (κ1) is 25.6. The fraction of sp³-hybridized carbons (Fsp3) is 0.375. The predicted octanol–water partition coefficient (Wildman–Crippen LogP) is -0.0764. The molecule has 0 spiro atoms. The molecule has 9 nitrogen and oxygen atoms in total. The molecule has 1 aromatic carbocycles. The third-order valence-electron chi connectivity index (χ3n) is 6.42. The van der Waals surface area contributed by atoms with E-state index in [-0.39, 0.29) is 15.0 Å². The molecule has 198 valence electrons. The summed E-state index contributed by atoms with van der Waals surface area (Å²) >= 11 is -3.41. The number of alkyl halides is 5. The maximum absolute atomic E-state index is 13.9. The number of amides is 1. The van der Waals surface area contributed by atoms with Crippen molar-refractivity contribution in [1.29, 1.82) is 0 Å². The first-order valence-electron chi connectivity index (χ1n) is 11.3. The zero-order valence-corrected chi connectivity index (χ0v) is 22.8. The van der Waals surface area contributed by atoms with E-state index in [1.807, 2.05) is 35.9 Å². The standard InChI is InChI=1S/C24H26F3IN7O2/c1-14(36)31-28(2,3)22-21-17(9-18(30-22)24(25,26)27)20(33-34-21)15-6-5-7-16(8-15)23(11-37-12-23)10-19-32-29-13-35(19)4/h5-9,13H,10-12H2,1-4H3,(H,31,36)(H,33,34)/q-1. The molecule has 1 saturated heterocycles. The van der Waals surface area contributed by atoms with Crippen molar-refractivity contribution in [2.24, 2.45) is 7.05 Å². The van der Waals surface area contributed by atoms with E-state index in [4.69, 9.17) is 4.74 Å². The average Bonchev–Trinajstić information content (AvgIpc) is 3.40. The molecule has 0 atom stereocenters. The van der Waals surface area contributed by atoms with Crippen molar-refractivity contribution in [2.75, 3.05) is 23.1 Å². The molecule has 3 aromatic heterocycles. The molecule has 4 aromatic rings. The van der Waals surface area contributed by atoms with Crippen LogP contribution in [0.2, 0.25) is 0 Å². The molecule has 1 aliphatic heterocycles. The summed E-state index contributed by atoms with van der Waals surface area (Å²) in [7, 11) is 1.88. The molecule has 0 bridgehead atoms. The van der Waals surface area contributed by atoms with Gasteiger partial charge in [0.1, 0.15) is 0 Å². The van der Waals surface area contributed by atoms with E-state index in [2.05, 4.69) is 28.9 Å². The van der Waals surface area contributed by atoms with E-state index in [1.54, 1.807) is 16.2 Å². The molecule has 1 fully saturated rings. The summed E-state index contributed by atoms with van der Waals surface area (Å²) in [4.78, 5) is 19.3. The van der Waals surface area contributed by atoms with Gasteiger partial charge in [-0.3, -0.25) is 0 Å². The van der Waals surface area contributed by atoms with Crippen LogP contribution in [-0.2, 0) is 34.6 Å². The molecule has 0 aliphatic carbocycles. The van der Waals surface area contributed by atoms with Gasteiger partial charge in [0.15, 0.2) is 0 Å². The van der Waals surface area contributed by atoms with Crippen molar-refractivity contribution in [3.8, 4) is 11.3 Å². The zero-order valence-electron chi connectivity index (χ0n) is 20.6. The average molecular weight is 628 g/mol. The van der Waals surface area contributed by atoms with Crippen LogP contribution in [-0.4, -0.2) is 58.9 Å². The molecule has 4 heterocycles. The number of aromatic amines is 1. The van der Waals surface area contributed by atoms with Gasteiger partial charge in [0, 0.05) is 0 Å². The Morgan fingerprint density at radius 3 is 2.62 bits per heavy atom. The number of hydrogen-bond donors (Lipinski definition) is 2. The molecule has 13 heteroatoms. The van der Waals surface area contributed by atoms with Crippen LogP contribution in [0.1, 0.15) is 24.0 Å². The molecule has 5 rings (SSSR count). The number of ether oxygens (including phenoxy) is 1. The number of carbonyl (C=O) groups is 1. The van der Waals surface area contributed by atoms with Gasteiger partial charge in [0.05, 0.1) is 0 Å². The number of pyridine rings is 1. The van der Waals surface area contributed by atoms with Crippen molar-refractivity contribution in [3.63, 3.8) is 0 Å². The van der Waals surface area contributed by atoms with E-state index < -0.39 is 30.6 Å². The van der Waals surface area contributed by atoms with Crippen LogP contribution >= 0.6 is 0 Å². The van der Waals surface area contributed by atoms with E-state index in [0.29, 0.717) is 41.8 Å². The fourth-order valence-corrected chi connectivity index (χ4v) is 9.33. The number of aryl methyl sites for hydroxylation is 1. The van der Waals surface area contributed by atoms with Crippen molar-refractivity contribution in [3.05, 3.63) is 57.4 Å². The molecule has 0 unspecified atom stereocenters. The van der Waals surface area contributed by atoms with Crippen molar-refractivity contribution in [2.45, 2.75) is 24.9 Å². The summed E-state index contributed by atoms with van der Waals surface area (Å²) in [6.07, 6.45) is -2.40. The molecule has 0 saturated carbocycles. The van der Waals surface area contributed by atoms with Gasteiger partial charge in [-0.05, 0) is 0 Å². The van der Waals surface area contributed by atoms with Crippen LogP contribution in [0.3, 0.4) is 0 Å². The van der Waals surface area contributed by atoms with Gasteiger partial charge in [0.2, 0.25) is 0 Å². The van der Waals surface area contributed by atoms with Gasteiger partial charge in [-0.2, -0.15) is 0 Å². The number of H-pyrrole nitrogens is 1. The monoisotopic (exact) mass is 628 g/mol. The van der Waals surface area contributed by atoms with Crippen LogP contribution in [0.15, 0.2) is 36.7 Å². The first-order chi connectivity index (χ1) is 17.4. The zero-order chi connectivity index (χ0) is 26.6. The van der Waals surface area contributed by atoms with Crippen LogP contribution in [0, 0.1) is 3.70 Å². The Kier molecular flexibility index (Phi) is 6.25. The fourth-order valence-electron chi connectivity index (χ4n) is 4.55. The topological polar surface area (TPSA) is 111 Å². The van der Waals surface area contributed by atoms with Crippen molar-refractivity contribution < 1.29 is 41.4 Å². The SMILES string of the molecule is CC(=O)N[I-](C)(C)c1nc(C(F)(F)F)cc2c(-c3cccc(C4(Cc5nncn5C)COC4)c3)n[nH]c12. The Hall–Kier alpha value is -3.07. The number of carbonyl (C=O) groups excluding carboxylic acids is 1. The number of nitrogens with zero attached hydrogens (tertiary/aromatic N) is 5. The minimum absolute atomic E-state index is 0.230. The minimum atomic E-state index is -4.66. The summed E-state index contributed by atoms with van der Waals surface area (Å²) in [5.74, 6) is 0.508. The predicted molar refractivity (Wildman–Crippen MR) is 126 cm³/mol. The summed E-state index contributed by atoms with van der Waals surface area (Å²) < 4.78 is 52.2. The van der Waals surface area contributed by atoms with Crippen LogP contribution in [0.25, 0.3) is 22.2 Å². The van der Waals surface area contributed by atoms with Gasteiger partial charge < -0.3 is 0 Å². The number of benzene rings is 1. The Bertz CT molecular complexity index is 1490. The normalized spacial score (nSPS) is 16.0. The van der Waals surface area contributed by atoms with E-state index in [0.717, 1.165) is 17.5 Å². The molecule has 1 aliphatic rings. The number of halogens is 4. The molecule has 2 N–H and O–H groups in total. The van der Waals surface area contributed by atoms with Crippen molar-refractivity contribution >= 4 is 16.8 Å². The number of aromatic nitrogens is 6. The Morgan fingerprint density at radius 2 is 2.03 bits per heavy atom. The molecular weight excluding hydrogens is 602 g/mol. The molecule has 0 radical (unpaired) electrons. The number of rotatable bonds is 6. The van der Waals surface area contributed by atoms with E-state index >= 15 is 0 Å². The summed E-state index contributed by atoms with van der Waals surface area (Å²) in [5, 5.41) is 15.8. The molecular formula is C24H26F3IN7O2-. The third kappa shape index (κ3) is 4.69. The van der Waals surface area contributed by atoms with Crippen LogP contribution < -0.4 is 22.2 Å². The quantitative estimate of drug-likeness (QED) is 0.134. The Labute approximate surface area is 215 Å². The summed E-state index contributed by atoms with van der Waals surface area (Å²) in [6.45, 7) is 2.34. The second-order valence-electron chi connectivity index (χ2n) is 9.56. The van der Waals surface area contributed by atoms with Gasteiger partial charge in [-0.15, -0.1) is 0 Å². The summed E-state index contributed by atoms with van der Waals surface area (Å²) in [5.41, 5.74) is 1.11. The number of fused-ring (bicyclic) bond motifs is 1. The van der Waals surface area contributed by atoms with Crippen LogP contribution in [0.5, 0.6) is 0 Å².